The van der Waals surface area contributed by atoms with Gasteiger partial charge in [0.25, 0.3) is 0 Å². The molecule has 2 atom stereocenters. The monoisotopic (exact) mass is 338 g/mol. The van der Waals surface area contributed by atoms with Gasteiger partial charge in [-0.25, -0.2) is 13.6 Å². The second-order valence-corrected chi connectivity index (χ2v) is 6.89. The molecule has 1 aliphatic rings. The highest BCUT2D eigenvalue weighted by Crippen LogP contribution is 2.36. The highest BCUT2D eigenvalue weighted by Gasteiger charge is 2.37. The highest BCUT2D eigenvalue weighted by atomic mass is 32.2. The first-order valence-corrected chi connectivity index (χ1v) is 8.32. The number of halogens is 3. The van der Waals surface area contributed by atoms with Crippen LogP contribution in [0.5, 0.6) is 0 Å². The molecule has 5 nitrogen and oxygen atoms in total. The van der Waals surface area contributed by atoms with Gasteiger partial charge in [-0.2, -0.15) is 13.2 Å². The van der Waals surface area contributed by atoms with Crippen molar-refractivity contribution >= 4 is 15.7 Å². The van der Waals surface area contributed by atoms with Gasteiger partial charge in [-0.15, -0.1) is 0 Å². The number of benzene rings is 1. The van der Waals surface area contributed by atoms with Crippen LogP contribution in [-0.2, 0) is 16.2 Å². The highest BCUT2D eigenvalue weighted by molar-refractivity contribution is 7.89. The SMILES string of the molecule is NS(=O)(=O)c1ccc(NC2CCCCC2O)cc1C(F)(F)F. The Hall–Kier alpha value is -1.32. The third-order valence-corrected chi connectivity index (χ3v) is 4.64. The lowest BCUT2D eigenvalue weighted by Crippen LogP contribution is -2.36. The molecule has 0 amide bonds. The molecule has 1 aromatic carbocycles. The number of hydrogen-bond acceptors (Lipinski definition) is 4. The Balaban J connectivity index is 2.35. The maximum Gasteiger partial charge on any atom is 0.417 e. The standard InChI is InChI=1S/C13H17F3N2O3S/c14-13(15,16)9-7-8(5-6-12(9)22(17,20)21)18-10-3-1-2-4-11(10)19/h5-7,10-11,18-19H,1-4H2,(H2,17,20,21). The van der Waals surface area contributed by atoms with Crippen molar-refractivity contribution in [3.63, 3.8) is 0 Å². The van der Waals surface area contributed by atoms with Crippen molar-refractivity contribution in [2.24, 2.45) is 5.14 Å². The Morgan fingerprint density at radius 3 is 2.41 bits per heavy atom. The molecule has 0 aromatic heterocycles. The van der Waals surface area contributed by atoms with E-state index in [4.69, 9.17) is 5.14 Å². The van der Waals surface area contributed by atoms with Crippen molar-refractivity contribution in [3.8, 4) is 0 Å². The van der Waals surface area contributed by atoms with E-state index in [0.29, 0.717) is 18.9 Å². The number of primary sulfonamides is 1. The van der Waals surface area contributed by atoms with Crippen molar-refractivity contribution in [3.05, 3.63) is 23.8 Å². The summed E-state index contributed by atoms with van der Waals surface area (Å²) < 4.78 is 61.6. The van der Waals surface area contributed by atoms with Gasteiger partial charge in [-0.05, 0) is 31.0 Å². The fourth-order valence-electron chi connectivity index (χ4n) is 2.58. The quantitative estimate of drug-likeness (QED) is 0.787. The molecule has 1 aromatic rings. The molecule has 22 heavy (non-hydrogen) atoms. The van der Waals surface area contributed by atoms with E-state index < -0.39 is 32.8 Å². The zero-order valence-corrected chi connectivity index (χ0v) is 12.4. The number of hydrogen-bond donors (Lipinski definition) is 3. The number of sulfonamides is 1. The van der Waals surface area contributed by atoms with Crippen LogP contribution in [0.1, 0.15) is 31.2 Å². The first kappa shape index (κ1) is 17.0. The van der Waals surface area contributed by atoms with Crippen LogP contribution in [0.25, 0.3) is 0 Å². The largest absolute Gasteiger partial charge is 0.417 e. The van der Waals surface area contributed by atoms with Gasteiger partial charge in [-0.3, -0.25) is 0 Å². The van der Waals surface area contributed by atoms with Gasteiger partial charge >= 0.3 is 6.18 Å². The van der Waals surface area contributed by atoms with Gasteiger partial charge in [0.2, 0.25) is 10.0 Å². The summed E-state index contributed by atoms with van der Waals surface area (Å²) in [6, 6.07) is 2.41. The Morgan fingerprint density at radius 1 is 1.23 bits per heavy atom. The Kier molecular flexibility index (Phi) is 4.69. The van der Waals surface area contributed by atoms with E-state index in [0.717, 1.165) is 18.9 Å². The van der Waals surface area contributed by atoms with Gasteiger partial charge in [0, 0.05) is 5.69 Å². The minimum absolute atomic E-state index is 0.102. The smallest absolute Gasteiger partial charge is 0.391 e. The fourth-order valence-corrected chi connectivity index (χ4v) is 3.32. The summed E-state index contributed by atoms with van der Waals surface area (Å²) in [6.45, 7) is 0. The van der Waals surface area contributed by atoms with Crippen LogP contribution in [0.15, 0.2) is 23.1 Å². The zero-order chi connectivity index (χ0) is 16.5. The summed E-state index contributed by atoms with van der Waals surface area (Å²) in [5, 5.41) is 17.5. The second kappa shape index (κ2) is 6.05. The summed E-state index contributed by atoms with van der Waals surface area (Å²) >= 11 is 0. The number of rotatable bonds is 3. The van der Waals surface area contributed by atoms with E-state index in [-0.39, 0.29) is 11.7 Å². The number of anilines is 1. The number of nitrogens with two attached hydrogens (primary N) is 1. The van der Waals surface area contributed by atoms with E-state index in [9.17, 15) is 26.7 Å². The van der Waals surface area contributed by atoms with Crippen molar-refractivity contribution in [2.45, 2.75) is 48.9 Å². The molecule has 0 aliphatic heterocycles. The summed E-state index contributed by atoms with van der Waals surface area (Å²) in [5.74, 6) is 0. The number of nitrogens with one attached hydrogen (secondary N) is 1. The zero-order valence-electron chi connectivity index (χ0n) is 11.6. The lowest BCUT2D eigenvalue weighted by molar-refractivity contribution is -0.139. The van der Waals surface area contributed by atoms with E-state index in [1.165, 1.54) is 6.07 Å². The maximum atomic E-state index is 13.0. The molecule has 1 fully saturated rings. The van der Waals surface area contributed by atoms with Gasteiger partial charge in [-0.1, -0.05) is 12.8 Å². The van der Waals surface area contributed by atoms with Crippen LogP contribution >= 0.6 is 0 Å². The molecule has 9 heteroatoms. The van der Waals surface area contributed by atoms with Crippen molar-refractivity contribution in [1.29, 1.82) is 0 Å². The average molecular weight is 338 g/mol. The third-order valence-electron chi connectivity index (χ3n) is 3.67. The van der Waals surface area contributed by atoms with Crippen LogP contribution in [0, 0.1) is 0 Å². The molecular formula is C13H17F3N2O3S. The average Bonchev–Trinajstić information content (AvgIpc) is 2.39. The lowest BCUT2D eigenvalue weighted by Gasteiger charge is -2.29. The molecule has 1 aliphatic carbocycles. The lowest BCUT2D eigenvalue weighted by atomic mass is 9.92. The van der Waals surface area contributed by atoms with E-state index in [1.54, 1.807) is 0 Å². The van der Waals surface area contributed by atoms with E-state index >= 15 is 0 Å². The molecular weight excluding hydrogens is 321 g/mol. The van der Waals surface area contributed by atoms with Crippen LogP contribution in [0.2, 0.25) is 0 Å². The Bertz CT molecular complexity index is 646. The topological polar surface area (TPSA) is 92.4 Å². The van der Waals surface area contributed by atoms with Crippen molar-refractivity contribution < 1.29 is 26.7 Å². The maximum absolute atomic E-state index is 13.0. The summed E-state index contributed by atoms with van der Waals surface area (Å²) in [6.07, 6.45) is -2.52. The first-order chi connectivity index (χ1) is 10.1. The molecule has 4 N–H and O–H groups in total. The predicted octanol–water partition coefficient (Wildman–Crippen LogP) is 2.07. The minimum Gasteiger partial charge on any atom is -0.391 e. The summed E-state index contributed by atoms with van der Waals surface area (Å²) in [7, 11) is -4.47. The van der Waals surface area contributed by atoms with Crippen LogP contribution in [-0.4, -0.2) is 25.7 Å². The third kappa shape index (κ3) is 3.90. The summed E-state index contributed by atoms with van der Waals surface area (Å²) in [4.78, 5) is -0.963. The van der Waals surface area contributed by atoms with E-state index in [2.05, 4.69) is 5.32 Å². The molecule has 0 spiro atoms. The second-order valence-electron chi connectivity index (χ2n) is 5.36. The van der Waals surface area contributed by atoms with E-state index in [1.807, 2.05) is 0 Å². The molecule has 0 heterocycles. The van der Waals surface area contributed by atoms with Gasteiger partial charge in [0.1, 0.15) is 0 Å². The molecule has 2 rings (SSSR count). The molecule has 2 unspecified atom stereocenters. The molecule has 0 bridgehead atoms. The molecule has 1 saturated carbocycles. The molecule has 0 saturated heterocycles. The first-order valence-electron chi connectivity index (χ1n) is 6.77. The van der Waals surface area contributed by atoms with Gasteiger partial charge < -0.3 is 10.4 Å². The normalized spacial score (nSPS) is 23.3. The molecule has 0 radical (unpaired) electrons. The Morgan fingerprint density at radius 2 is 1.86 bits per heavy atom. The number of alkyl halides is 3. The van der Waals surface area contributed by atoms with Crippen LogP contribution < -0.4 is 10.5 Å². The van der Waals surface area contributed by atoms with Crippen LogP contribution in [0.3, 0.4) is 0 Å². The predicted molar refractivity (Wildman–Crippen MR) is 74.7 cm³/mol. The minimum atomic E-state index is -4.84. The number of aliphatic hydroxyl groups excluding tert-OH is 1. The van der Waals surface area contributed by atoms with Crippen molar-refractivity contribution in [1.82, 2.24) is 0 Å². The summed E-state index contributed by atoms with van der Waals surface area (Å²) in [5.41, 5.74) is -1.21. The van der Waals surface area contributed by atoms with Gasteiger partial charge in [0.05, 0.1) is 22.6 Å². The fraction of sp³-hybridized carbons (Fsp3) is 0.538. The Labute approximate surface area is 126 Å². The van der Waals surface area contributed by atoms with Crippen LogP contribution in [0.4, 0.5) is 18.9 Å². The number of aliphatic hydroxyl groups is 1. The molecule has 124 valence electrons. The van der Waals surface area contributed by atoms with Gasteiger partial charge in [0.15, 0.2) is 0 Å². The van der Waals surface area contributed by atoms with Crippen molar-refractivity contribution in [2.75, 3.05) is 5.32 Å².